The second kappa shape index (κ2) is 6.12. The zero-order valence-corrected chi connectivity index (χ0v) is 13.2. The molecule has 24 heavy (non-hydrogen) atoms. The van der Waals surface area contributed by atoms with Gasteiger partial charge in [0.15, 0.2) is 0 Å². The summed E-state index contributed by atoms with van der Waals surface area (Å²) in [5.74, 6) is 1.06. The third-order valence-electron chi connectivity index (χ3n) is 3.91. The Balaban J connectivity index is 1.76. The molecular formula is C19H16N4O. The Bertz CT molecular complexity index is 912. The number of rotatable bonds is 4. The second-order valence-corrected chi connectivity index (χ2v) is 5.63. The SMILES string of the molecule is Cc1ccc(-c2nnc([C@H](c3ccccc3)n3ccnc3)o2)cc1. The number of aromatic nitrogens is 4. The van der Waals surface area contributed by atoms with Crippen LogP contribution in [0.3, 0.4) is 0 Å². The van der Waals surface area contributed by atoms with E-state index in [0.717, 1.165) is 11.1 Å². The highest BCUT2D eigenvalue weighted by atomic mass is 16.4. The third kappa shape index (κ3) is 2.72. The van der Waals surface area contributed by atoms with Gasteiger partial charge < -0.3 is 8.98 Å². The van der Waals surface area contributed by atoms with Crippen molar-refractivity contribution in [2.75, 3.05) is 0 Å². The average molecular weight is 316 g/mol. The van der Waals surface area contributed by atoms with E-state index in [1.54, 1.807) is 12.5 Å². The molecule has 5 heteroatoms. The zero-order chi connectivity index (χ0) is 16.4. The van der Waals surface area contributed by atoms with Crippen molar-refractivity contribution < 1.29 is 4.42 Å². The van der Waals surface area contributed by atoms with Crippen molar-refractivity contribution in [1.82, 2.24) is 19.7 Å². The van der Waals surface area contributed by atoms with Crippen LogP contribution in [0, 0.1) is 6.92 Å². The maximum atomic E-state index is 5.98. The van der Waals surface area contributed by atoms with E-state index in [9.17, 15) is 0 Å². The maximum absolute atomic E-state index is 5.98. The van der Waals surface area contributed by atoms with Crippen LogP contribution in [0.15, 0.2) is 77.7 Å². The lowest BCUT2D eigenvalue weighted by Crippen LogP contribution is -2.10. The quantitative estimate of drug-likeness (QED) is 0.573. The average Bonchev–Trinajstić information content (AvgIpc) is 3.30. The van der Waals surface area contributed by atoms with Crippen molar-refractivity contribution in [3.8, 4) is 11.5 Å². The molecule has 0 bridgehead atoms. The minimum absolute atomic E-state index is 0.194. The van der Waals surface area contributed by atoms with Gasteiger partial charge in [0.05, 0.1) is 6.33 Å². The van der Waals surface area contributed by atoms with Crippen LogP contribution in [-0.2, 0) is 0 Å². The van der Waals surface area contributed by atoms with Crippen molar-refractivity contribution in [2.45, 2.75) is 13.0 Å². The van der Waals surface area contributed by atoms with Crippen molar-refractivity contribution in [3.05, 3.63) is 90.3 Å². The molecule has 0 saturated carbocycles. The number of aryl methyl sites for hydroxylation is 1. The number of hydrogen-bond donors (Lipinski definition) is 0. The van der Waals surface area contributed by atoms with E-state index < -0.39 is 0 Å². The van der Waals surface area contributed by atoms with Crippen LogP contribution in [0.2, 0.25) is 0 Å². The minimum Gasteiger partial charge on any atom is -0.418 e. The van der Waals surface area contributed by atoms with E-state index in [1.807, 2.05) is 72.3 Å². The topological polar surface area (TPSA) is 56.7 Å². The van der Waals surface area contributed by atoms with Crippen LogP contribution in [0.4, 0.5) is 0 Å². The molecule has 2 aromatic heterocycles. The van der Waals surface area contributed by atoms with Crippen molar-refractivity contribution >= 4 is 0 Å². The molecule has 0 spiro atoms. The summed E-state index contributed by atoms with van der Waals surface area (Å²) in [5, 5.41) is 8.50. The summed E-state index contributed by atoms with van der Waals surface area (Å²) in [4.78, 5) is 4.14. The second-order valence-electron chi connectivity index (χ2n) is 5.63. The van der Waals surface area contributed by atoms with Gasteiger partial charge in [-0.2, -0.15) is 0 Å². The Kier molecular flexibility index (Phi) is 3.67. The fraction of sp³-hybridized carbons (Fsp3) is 0.105. The number of hydrogen-bond acceptors (Lipinski definition) is 4. The van der Waals surface area contributed by atoms with Crippen molar-refractivity contribution in [1.29, 1.82) is 0 Å². The van der Waals surface area contributed by atoms with Gasteiger partial charge >= 0.3 is 0 Å². The van der Waals surface area contributed by atoms with Crippen LogP contribution in [0.1, 0.15) is 23.1 Å². The van der Waals surface area contributed by atoms with Crippen LogP contribution >= 0.6 is 0 Å². The molecule has 2 aromatic carbocycles. The summed E-state index contributed by atoms with van der Waals surface area (Å²) in [6.07, 6.45) is 5.40. The highest BCUT2D eigenvalue weighted by molar-refractivity contribution is 5.53. The molecule has 0 N–H and O–H groups in total. The highest BCUT2D eigenvalue weighted by Gasteiger charge is 2.22. The molecule has 2 heterocycles. The van der Waals surface area contributed by atoms with Gasteiger partial charge in [0, 0.05) is 18.0 Å². The summed E-state index contributed by atoms with van der Waals surface area (Å²) < 4.78 is 7.94. The molecule has 0 aliphatic rings. The first-order valence-electron chi connectivity index (χ1n) is 7.74. The summed E-state index contributed by atoms with van der Waals surface area (Å²) in [6, 6.07) is 17.9. The highest BCUT2D eigenvalue weighted by Crippen LogP contribution is 2.28. The van der Waals surface area contributed by atoms with Gasteiger partial charge in [-0.25, -0.2) is 4.98 Å². The molecule has 0 radical (unpaired) electrons. The molecule has 0 fully saturated rings. The van der Waals surface area contributed by atoms with E-state index in [-0.39, 0.29) is 6.04 Å². The largest absolute Gasteiger partial charge is 0.418 e. The molecule has 4 aromatic rings. The van der Waals surface area contributed by atoms with Crippen molar-refractivity contribution in [3.63, 3.8) is 0 Å². The van der Waals surface area contributed by atoms with Crippen LogP contribution in [0.25, 0.3) is 11.5 Å². The first-order chi connectivity index (χ1) is 11.8. The zero-order valence-electron chi connectivity index (χ0n) is 13.2. The predicted molar refractivity (Wildman–Crippen MR) is 90.4 cm³/mol. The summed E-state index contributed by atoms with van der Waals surface area (Å²) in [6.45, 7) is 2.05. The Morgan fingerprint density at radius 3 is 2.46 bits per heavy atom. The van der Waals surface area contributed by atoms with E-state index in [1.165, 1.54) is 5.56 Å². The standard InChI is InChI=1S/C19H16N4O/c1-14-7-9-16(10-8-14)18-21-22-19(24-18)17(23-12-11-20-13-23)15-5-3-2-4-6-15/h2-13,17H,1H3/t17-/m0/s1. The van der Waals surface area contributed by atoms with Crippen LogP contribution in [-0.4, -0.2) is 19.7 Å². The van der Waals surface area contributed by atoms with E-state index in [0.29, 0.717) is 11.8 Å². The fourth-order valence-electron chi connectivity index (χ4n) is 2.66. The lowest BCUT2D eigenvalue weighted by Gasteiger charge is -2.14. The van der Waals surface area contributed by atoms with Gasteiger partial charge in [0.1, 0.15) is 6.04 Å². The smallest absolute Gasteiger partial charge is 0.247 e. The Hall–Kier alpha value is -3.21. The van der Waals surface area contributed by atoms with Gasteiger partial charge in [0.2, 0.25) is 11.8 Å². The van der Waals surface area contributed by atoms with Crippen LogP contribution in [0.5, 0.6) is 0 Å². The van der Waals surface area contributed by atoms with Gasteiger partial charge in [-0.1, -0.05) is 48.0 Å². The van der Waals surface area contributed by atoms with E-state index in [4.69, 9.17) is 4.42 Å². The van der Waals surface area contributed by atoms with E-state index in [2.05, 4.69) is 15.2 Å². The molecule has 5 nitrogen and oxygen atoms in total. The normalized spacial score (nSPS) is 12.2. The van der Waals surface area contributed by atoms with Gasteiger partial charge in [-0.3, -0.25) is 0 Å². The summed E-state index contributed by atoms with van der Waals surface area (Å²) >= 11 is 0. The summed E-state index contributed by atoms with van der Waals surface area (Å²) in [7, 11) is 0. The number of imidazole rings is 1. The third-order valence-corrected chi connectivity index (χ3v) is 3.91. The van der Waals surface area contributed by atoms with Gasteiger partial charge in [-0.15, -0.1) is 10.2 Å². The molecule has 4 rings (SSSR count). The Labute approximate surface area is 139 Å². The molecule has 0 saturated heterocycles. The first-order valence-corrected chi connectivity index (χ1v) is 7.74. The molecule has 118 valence electrons. The van der Waals surface area contributed by atoms with Gasteiger partial charge in [0.25, 0.3) is 0 Å². The molecular weight excluding hydrogens is 300 g/mol. The Morgan fingerprint density at radius 1 is 0.958 bits per heavy atom. The number of benzene rings is 2. The molecule has 0 unspecified atom stereocenters. The number of nitrogens with zero attached hydrogens (tertiary/aromatic N) is 4. The van der Waals surface area contributed by atoms with Crippen LogP contribution < -0.4 is 0 Å². The lowest BCUT2D eigenvalue weighted by atomic mass is 10.1. The molecule has 0 aliphatic carbocycles. The van der Waals surface area contributed by atoms with Crippen molar-refractivity contribution in [2.24, 2.45) is 0 Å². The fourth-order valence-corrected chi connectivity index (χ4v) is 2.66. The van der Waals surface area contributed by atoms with Gasteiger partial charge in [-0.05, 0) is 24.6 Å². The lowest BCUT2D eigenvalue weighted by molar-refractivity contribution is 0.453. The molecule has 1 atom stereocenters. The molecule has 0 amide bonds. The first kappa shape index (κ1) is 14.4. The minimum atomic E-state index is -0.194. The maximum Gasteiger partial charge on any atom is 0.247 e. The van der Waals surface area contributed by atoms with E-state index >= 15 is 0 Å². The monoisotopic (exact) mass is 316 g/mol. The summed E-state index contributed by atoms with van der Waals surface area (Å²) in [5.41, 5.74) is 3.17. The Morgan fingerprint density at radius 2 is 1.75 bits per heavy atom. The predicted octanol–water partition coefficient (Wildman–Crippen LogP) is 3.88. The molecule has 0 aliphatic heterocycles.